The standard InChI is InChI=1S/C9H16N2O4/c1-6(2)4-11(5-7(10)12)8(13)3-9(14)15/h6H,3-5H2,1-2H3,(H2,10,12)(H,14,15). The average Bonchev–Trinajstić information content (AvgIpc) is 1.99. The predicted octanol–water partition coefficient (Wildman–Crippen LogP) is -0.569. The second kappa shape index (κ2) is 6.00. The molecule has 3 N–H and O–H groups in total. The van der Waals surface area contributed by atoms with Gasteiger partial charge in [-0.3, -0.25) is 14.4 Å². The normalized spacial score (nSPS) is 10.1. The highest BCUT2D eigenvalue weighted by Gasteiger charge is 2.19. The molecule has 0 unspecified atom stereocenters. The number of hydrogen-bond donors (Lipinski definition) is 2. The molecule has 0 atom stereocenters. The van der Waals surface area contributed by atoms with Crippen LogP contribution in [0.5, 0.6) is 0 Å². The van der Waals surface area contributed by atoms with Crippen LogP contribution in [0.15, 0.2) is 0 Å². The summed E-state index contributed by atoms with van der Waals surface area (Å²) in [5, 5.41) is 8.44. The molecule has 15 heavy (non-hydrogen) atoms. The molecule has 0 spiro atoms. The zero-order valence-electron chi connectivity index (χ0n) is 8.90. The number of rotatable bonds is 6. The molecule has 0 aromatic carbocycles. The van der Waals surface area contributed by atoms with Gasteiger partial charge in [-0.25, -0.2) is 0 Å². The summed E-state index contributed by atoms with van der Waals surface area (Å²) in [5.74, 6) is -2.29. The van der Waals surface area contributed by atoms with Gasteiger partial charge in [-0.1, -0.05) is 13.8 Å². The fourth-order valence-electron chi connectivity index (χ4n) is 1.12. The van der Waals surface area contributed by atoms with E-state index in [4.69, 9.17) is 10.8 Å². The van der Waals surface area contributed by atoms with E-state index in [0.29, 0.717) is 6.54 Å². The topological polar surface area (TPSA) is 101 Å². The van der Waals surface area contributed by atoms with E-state index in [0.717, 1.165) is 0 Å². The number of hydrogen-bond acceptors (Lipinski definition) is 3. The molecule has 0 heterocycles. The summed E-state index contributed by atoms with van der Waals surface area (Å²) in [4.78, 5) is 33.5. The lowest BCUT2D eigenvalue weighted by atomic mass is 10.2. The number of primary amides is 1. The highest BCUT2D eigenvalue weighted by atomic mass is 16.4. The average molecular weight is 216 g/mol. The summed E-state index contributed by atoms with van der Waals surface area (Å²) in [6, 6.07) is 0. The Balaban J connectivity index is 4.39. The molecule has 6 heteroatoms. The SMILES string of the molecule is CC(C)CN(CC(N)=O)C(=O)CC(=O)O. The largest absolute Gasteiger partial charge is 0.481 e. The molecule has 2 amide bonds. The fraction of sp³-hybridized carbons (Fsp3) is 0.667. The van der Waals surface area contributed by atoms with Crippen LogP contribution in [-0.4, -0.2) is 40.9 Å². The molecule has 0 aliphatic heterocycles. The Labute approximate surface area is 88.0 Å². The lowest BCUT2D eigenvalue weighted by Gasteiger charge is -2.22. The minimum Gasteiger partial charge on any atom is -0.481 e. The third-order valence-electron chi connectivity index (χ3n) is 1.59. The van der Waals surface area contributed by atoms with E-state index in [2.05, 4.69) is 0 Å². The Morgan fingerprint density at radius 2 is 1.87 bits per heavy atom. The first-order valence-corrected chi connectivity index (χ1v) is 4.60. The zero-order valence-corrected chi connectivity index (χ0v) is 8.90. The van der Waals surface area contributed by atoms with Crippen molar-refractivity contribution in [1.29, 1.82) is 0 Å². The predicted molar refractivity (Wildman–Crippen MR) is 52.9 cm³/mol. The van der Waals surface area contributed by atoms with Crippen LogP contribution in [0.25, 0.3) is 0 Å². The Bertz CT molecular complexity index is 263. The number of carbonyl (C=O) groups excluding carboxylic acids is 2. The maximum Gasteiger partial charge on any atom is 0.312 e. The van der Waals surface area contributed by atoms with Gasteiger partial charge in [0, 0.05) is 6.54 Å². The van der Waals surface area contributed by atoms with Gasteiger partial charge in [0.25, 0.3) is 0 Å². The molecule has 0 saturated carbocycles. The summed E-state index contributed by atoms with van der Waals surface area (Å²) in [6.45, 7) is 3.82. The van der Waals surface area contributed by atoms with E-state index >= 15 is 0 Å². The number of carboxylic acid groups (broad SMARTS) is 1. The van der Waals surface area contributed by atoms with Gasteiger partial charge in [-0.2, -0.15) is 0 Å². The molecule has 0 aliphatic carbocycles. The molecular formula is C9H16N2O4. The second-order valence-corrected chi connectivity index (χ2v) is 3.70. The highest BCUT2D eigenvalue weighted by molar-refractivity contribution is 5.95. The molecule has 0 aliphatic rings. The number of nitrogens with two attached hydrogens (primary N) is 1. The van der Waals surface area contributed by atoms with Crippen molar-refractivity contribution in [2.45, 2.75) is 20.3 Å². The third-order valence-corrected chi connectivity index (χ3v) is 1.59. The van der Waals surface area contributed by atoms with Crippen molar-refractivity contribution in [2.75, 3.05) is 13.1 Å². The Morgan fingerprint density at radius 1 is 1.33 bits per heavy atom. The Kier molecular flexibility index (Phi) is 5.36. The first kappa shape index (κ1) is 13.4. The van der Waals surface area contributed by atoms with Crippen molar-refractivity contribution in [3.63, 3.8) is 0 Å². The first-order chi connectivity index (χ1) is 6.82. The van der Waals surface area contributed by atoms with Crippen LogP contribution in [0.3, 0.4) is 0 Å². The van der Waals surface area contributed by atoms with Crippen molar-refractivity contribution in [2.24, 2.45) is 11.7 Å². The van der Waals surface area contributed by atoms with Crippen LogP contribution in [0.2, 0.25) is 0 Å². The molecule has 0 aromatic heterocycles. The van der Waals surface area contributed by atoms with E-state index in [1.54, 1.807) is 0 Å². The van der Waals surface area contributed by atoms with Gasteiger partial charge in [0.1, 0.15) is 6.42 Å². The van der Waals surface area contributed by atoms with Gasteiger partial charge in [0.2, 0.25) is 11.8 Å². The van der Waals surface area contributed by atoms with Crippen LogP contribution >= 0.6 is 0 Å². The van der Waals surface area contributed by atoms with Gasteiger partial charge in [-0.05, 0) is 5.92 Å². The summed E-state index contributed by atoms with van der Waals surface area (Å²) in [6.07, 6.45) is -0.611. The number of aliphatic carboxylic acids is 1. The van der Waals surface area contributed by atoms with E-state index in [-0.39, 0.29) is 12.5 Å². The van der Waals surface area contributed by atoms with Crippen molar-refractivity contribution >= 4 is 17.8 Å². The number of carbonyl (C=O) groups is 3. The van der Waals surface area contributed by atoms with Crippen LogP contribution in [0.4, 0.5) is 0 Å². The van der Waals surface area contributed by atoms with Gasteiger partial charge in [0.05, 0.1) is 6.54 Å². The van der Waals surface area contributed by atoms with E-state index in [1.807, 2.05) is 13.8 Å². The van der Waals surface area contributed by atoms with Gasteiger partial charge in [-0.15, -0.1) is 0 Å². The maximum atomic E-state index is 11.4. The summed E-state index contributed by atoms with van der Waals surface area (Å²) >= 11 is 0. The zero-order chi connectivity index (χ0) is 12.0. The second-order valence-electron chi connectivity index (χ2n) is 3.70. The van der Waals surface area contributed by atoms with Gasteiger partial charge < -0.3 is 15.7 Å². The summed E-state index contributed by atoms with van der Waals surface area (Å²) in [7, 11) is 0. The Morgan fingerprint density at radius 3 is 2.20 bits per heavy atom. The van der Waals surface area contributed by atoms with Crippen LogP contribution in [0.1, 0.15) is 20.3 Å². The van der Waals surface area contributed by atoms with Crippen LogP contribution in [0, 0.1) is 5.92 Å². The fourth-order valence-corrected chi connectivity index (χ4v) is 1.12. The van der Waals surface area contributed by atoms with E-state index in [9.17, 15) is 14.4 Å². The minimum atomic E-state index is -1.21. The Hall–Kier alpha value is -1.59. The van der Waals surface area contributed by atoms with Crippen molar-refractivity contribution < 1.29 is 19.5 Å². The number of carboxylic acids is 1. The third kappa shape index (κ3) is 6.48. The molecule has 0 fully saturated rings. The van der Waals surface area contributed by atoms with Gasteiger partial charge in [0.15, 0.2) is 0 Å². The molecule has 0 saturated heterocycles. The van der Waals surface area contributed by atoms with Crippen molar-refractivity contribution in [1.82, 2.24) is 4.90 Å². The molecule has 0 aromatic rings. The lowest BCUT2D eigenvalue weighted by Crippen LogP contribution is -2.41. The van der Waals surface area contributed by atoms with Gasteiger partial charge >= 0.3 is 5.97 Å². The molecule has 0 radical (unpaired) electrons. The molecule has 0 rings (SSSR count). The molecular weight excluding hydrogens is 200 g/mol. The lowest BCUT2D eigenvalue weighted by molar-refractivity contribution is -0.145. The molecule has 0 bridgehead atoms. The molecule has 86 valence electrons. The molecule has 6 nitrogen and oxygen atoms in total. The monoisotopic (exact) mass is 216 g/mol. The number of amides is 2. The van der Waals surface area contributed by atoms with Crippen LogP contribution in [-0.2, 0) is 14.4 Å². The quantitative estimate of drug-likeness (QED) is 0.580. The summed E-state index contributed by atoms with van der Waals surface area (Å²) < 4.78 is 0. The highest BCUT2D eigenvalue weighted by Crippen LogP contribution is 2.01. The van der Waals surface area contributed by atoms with Crippen molar-refractivity contribution in [3.05, 3.63) is 0 Å². The maximum absolute atomic E-state index is 11.4. The first-order valence-electron chi connectivity index (χ1n) is 4.60. The van der Waals surface area contributed by atoms with E-state index in [1.165, 1.54) is 4.90 Å². The van der Waals surface area contributed by atoms with Crippen LogP contribution < -0.4 is 5.73 Å². The van der Waals surface area contributed by atoms with E-state index < -0.39 is 24.2 Å². The smallest absolute Gasteiger partial charge is 0.312 e. The summed E-state index contributed by atoms with van der Waals surface area (Å²) in [5.41, 5.74) is 4.96. The number of nitrogens with zero attached hydrogens (tertiary/aromatic N) is 1. The van der Waals surface area contributed by atoms with Crippen molar-refractivity contribution in [3.8, 4) is 0 Å². The minimum absolute atomic E-state index is 0.155.